The molecule has 1 aliphatic carbocycles. The number of pyridine rings is 1. The lowest BCUT2D eigenvalue weighted by Crippen LogP contribution is -2.14. The Balaban J connectivity index is 1.72. The Hall–Kier alpha value is -1.39. The number of rotatable bonds is 8. The van der Waals surface area contributed by atoms with Crippen molar-refractivity contribution in [2.45, 2.75) is 44.8 Å². The largest absolute Gasteiger partial charge is 0.385 e. The van der Waals surface area contributed by atoms with Crippen LogP contribution >= 0.6 is 0 Å². The number of methoxy groups -OCH3 is 1. The van der Waals surface area contributed by atoms with Crippen LogP contribution in [-0.4, -0.2) is 29.3 Å². The van der Waals surface area contributed by atoms with Crippen molar-refractivity contribution in [2.75, 3.05) is 13.7 Å². The van der Waals surface area contributed by atoms with Crippen LogP contribution < -0.4 is 5.32 Å². The van der Waals surface area contributed by atoms with E-state index < -0.39 is 0 Å². The van der Waals surface area contributed by atoms with Gasteiger partial charge >= 0.3 is 0 Å². The van der Waals surface area contributed by atoms with Crippen molar-refractivity contribution in [2.24, 2.45) is 0 Å². The Morgan fingerprint density at radius 1 is 1.40 bits per heavy atom. The highest BCUT2D eigenvalue weighted by atomic mass is 16.5. The molecular formula is C16H23N3O. The van der Waals surface area contributed by atoms with Crippen LogP contribution in [0.2, 0.25) is 0 Å². The summed E-state index contributed by atoms with van der Waals surface area (Å²) in [5, 5.41) is 4.88. The second-order valence-corrected chi connectivity index (χ2v) is 5.58. The summed E-state index contributed by atoms with van der Waals surface area (Å²) < 4.78 is 7.40. The summed E-state index contributed by atoms with van der Waals surface area (Å²) in [5.74, 6) is 0. The van der Waals surface area contributed by atoms with Gasteiger partial charge in [-0.1, -0.05) is 0 Å². The van der Waals surface area contributed by atoms with Gasteiger partial charge in [0, 0.05) is 50.6 Å². The molecule has 108 valence electrons. The quantitative estimate of drug-likeness (QED) is 0.752. The Kier molecular flexibility index (Phi) is 4.33. The lowest BCUT2D eigenvalue weighted by atomic mass is 10.2. The fourth-order valence-corrected chi connectivity index (χ4v) is 2.58. The molecular weight excluding hydrogens is 250 g/mol. The summed E-state index contributed by atoms with van der Waals surface area (Å²) in [6, 6.07) is 4.95. The van der Waals surface area contributed by atoms with E-state index in [0.717, 1.165) is 44.2 Å². The third kappa shape index (κ3) is 3.19. The van der Waals surface area contributed by atoms with Crippen LogP contribution in [-0.2, 0) is 17.8 Å². The topological polar surface area (TPSA) is 39.1 Å². The van der Waals surface area contributed by atoms with E-state index in [1.165, 1.54) is 23.8 Å². The number of fused-ring (bicyclic) bond motifs is 1. The predicted molar refractivity (Wildman–Crippen MR) is 80.7 cm³/mol. The molecule has 4 nitrogen and oxygen atoms in total. The first kappa shape index (κ1) is 13.6. The smallest absolute Gasteiger partial charge is 0.140 e. The number of nitrogens with one attached hydrogen (secondary N) is 1. The first-order valence-corrected chi connectivity index (χ1v) is 7.53. The summed E-state index contributed by atoms with van der Waals surface area (Å²) in [5.41, 5.74) is 2.48. The highest BCUT2D eigenvalue weighted by Crippen LogP contribution is 2.23. The molecule has 0 unspecified atom stereocenters. The van der Waals surface area contributed by atoms with Gasteiger partial charge in [0.2, 0.25) is 0 Å². The molecule has 0 spiro atoms. The third-order valence-electron chi connectivity index (χ3n) is 3.87. The maximum atomic E-state index is 5.11. The molecule has 20 heavy (non-hydrogen) atoms. The van der Waals surface area contributed by atoms with Crippen molar-refractivity contribution < 1.29 is 4.74 Å². The summed E-state index contributed by atoms with van der Waals surface area (Å²) in [7, 11) is 1.76. The predicted octanol–water partition coefficient (Wildman–Crippen LogP) is 2.71. The van der Waals surface area contributed by atoms with Gasteiger partial charge in [0.25, 0.3) is 0 Å². The minimum atomic E-state index is 0.742. The number of hydrogen-bond acceptors (Lipinski definition) is 3. The van der Waals surface area contributed by atoms with Crippen LogP contribution in [0.3, 0.4) is 0 Å². The first-order chi connectivity index (χ1) is 9.88. The van der Waals surface area contributed by atoms with Gasteiger partial charge in [0.15, 0.2) is 0 Å². The highest BCUT2D eigenvalue weighted by molar-refractivity contribution is 5.80. The molecule has 1 fully saturated rings. The average molecular weight is 273 g/mol. The van der Waals surface area contributed by atoms with Crippen LogP contribution in [0.25, 0.3) is 11.0 Å². The first-order valence-electron chi connectivity index (χ1n) is 7.53. The van der Waals surface area contributed by atoms with Crippen molar-refractivity contribution >= 4 is 11.0 Å². The third-order valence-corrected chi connectivity index (χ3v) is 3.87. The van der Waals surface area contributed by atoms with Crippen LogP contribution in [0.4, 0.5) is 0 Å². The number of unbranched alkanes of at least 4 members (excludes halogenated alkanes) is 1. The molecule has 0 saturated heterocycles. The number of hydrogen-bond donors (Lipinski definition) is 1. The zero-order valence-electron chi connectivity index (χ0n) is 12.1. The van der Waals surface area contributed by atoms with Crippen molar-refractivity contribution in [3.8, 4) is 0 Å². The van der Waals surface area contributed by atoms with Gasteiger partial charge in [-0.3, -0.25) is 0 Å². The van der Waals surface area contributed by atoms with E-state index in [0.29, 0.717) is 0 Å². The molecule has 2 aromatic rings. The summed E-state index contributed by atoms with van der Waals surface area (Å²) >= 11 is 0. The van der Waals surface area contributed by atoms with E-state index in [1.54, 1.807) is 7.11 Å². The van der Waals surface area contributed by atoms with Gasteiger partial charge in [0.05, 0.1) is 0 Å². The number of ether oxygens (including phenoxy) is 1. The molecule has 0 aliphatic heterocycles. The fraction of sp³-hybridized carbons (Fsp3) is 0.562. The minimum absolute atomic E-state index is 0.742. The standard InChI is InChI=1S/C16H23N3O/c1-20-10-3-2-9-19-12-13(11-18-14-6-7-14)15-5-4-8-17-16(15)19/h4-5,8,12,14,18H,2-3,6-7,9-11H2,1H3. The van der Waals surface area contributed by atoms with Gasteiger partial charge in [-0.25, -0.2) is 4.98 Å². The van der Waals surface area contributed by atoms with Crippen LogP contribution in [0.15, 0.2) is 24.5 Å². The summed E-state index contributed by atoms with van der Waals surface area (Å²) in [6.45, 7) is 2.81. The van der Waals surface area contributed by atoms with Gasteiger partial charge in [-0.05, 0) is 43.4 Å². The SMILES string of the molecule is COCCCCn1cc(CNC2CC2)c2cccnc21. The molecule has 3 rings (SSSR count). The molecule has 4 heteroatoms. The highest BCUT2D eigenvalue weighted by Gasteiger charge is 2.20. The minimum Gasteiger partial charge on any atom is -0.385 e. The average Bonchev–Trinajstić information content (AvgIpc) is 3.24. The summed E-state index contributed by atoms with van der Waals surface area (Å²) in [4.78, 5) is 4.55. The molecule has 1 saturated carbocycles. The van der Waals surface area contributed by atoms with Gasteiger partial charge in [-0.2, -0.15) is 0 Å². The Morgan fingerprint density at radius 3 is 3.10 bits per heavy atom. The van der Waals surface area contributed by atoms with E-state index in [2.05, 4.69) is 27.1 Å². The second-order valence-electron chi connectivity index (χ2n) is 5.58. The Bertz CT molecular complexity index is 560. The Labute approximate surface area is 120 Å². The monoisotopic (exact) mass is 273 g/mol. The number of aromatic nitrogens is 2. The lowest BCUT2D eigenvalue weighted by Gasteiger charge is -2.03. The van der Waals surface area contributed by atoms with Crippen molar-refractivity contribution in [1.82, 2.24) is 14.9 Å². The molecule has 0 radical (unpaired) electrons. The van der Waals surface area contributed by atoms with Gasteiger partial charge < -0.3 is 14.6 Å². The molecule has 0 bridgehead atoms. The van der Waals surface area contributed by atoms with E-state index in [4.69, 9.17) is 4.74 Å². The van der Waals surface area contributed by atoms with Crippen molar-refractivity contribution in [1.29, 1.82) is 0 Å². The Morgan fingerprint density at radius 2 is 2.30 bits per heavy atom. The van der Waals surface area contributed by atoms with E-state index in [1.807, 2.05) is 12.3 Å². The van der Waals surface area contributed by atoms with Gasteiger partial charge in [-0.15, -0.1) is 0 Å². The number of nitrogens with zero attached hydrogens (tertiary/aromatic N) is 2. The maximum Gasteiger partial charge on any atom is 0.140 e. The molecule has 1 aliphatic rings. The number of aryl methyl sites for hydroxylation is 1. The van der Waals surface area contributed by atoms with Crippen LogP contribution in [0.1, 0.15) is 31.2 Å². The lowest BCUT2D eigenvalue weighted by molar-refractivity contribution is 0.191. The molecule has 0 atom stereocenters. The summed E-state index contributed by atoms with van der Waals surface area (Å²) in [6.07, 6.45) is 9.02. The molecule has 2 heterocycles. The molecule has 2 aromatic heterocycles. The molecule has 0 amide bonds. The zero-order valence-corrected chi connectivity index (χ0v) is 12.1. The fourth-order valence-electron chi connectivity index (χ4n) is 2.58. The van der Waals surface area contributed by atoms with Crippen LogP contribution in [0.5, 0.6) is 0 Å². The van der Waals surface area contributed by atoms with Gasteiger partial charge in [0.1, 0.15) is 5.65 Å². The van der Waals surface area contributed by atoms with E-state index >= 15 is 0 Å². The second kappa shape index (κ2) is 6.37. The zero-order chi connectivity index (χ0) is 13.8. The maximum absolute atomic E-state index is 5.11. The molecule has 1 N–H and O–H groups in total. The van der Waals surface area contributed by atoms with E-state index in [9.17, 15) is 0 Å². The normalized spacial score (nSPS) is 15.1. The van der Waals surface area contributed by atoms with E-state index in [-0.39, 0.29) is 0 Å². The van der Waals surface area contributed by atoms with Crippen LogP contribution in [0, 0.1) is 0 Å². The van der Waals surface area contributed by atoms with Crippen molar-refractivity contribution in [3.05, 3.63) is 30.1 Å². The van der Waals surface area contributed by atoms with Crippen molar-refractivity contribution in [3.63, 3.8) is 0 Å². The molecule has 0 aromatic carbocycles.